The van der Waals surface area contributed by atoms with E-state index in [-0.39, 0.29) is 5.41 Å². The summed E-state index contributed by atoms with van der Waals surface area (Å²) in [7, 11) is 0.331. The van der Waals surface area contributed by atoms with E-state index in [1.807, 2.05) is 42.5 Å². The number of H-pyrrole nitrogens is 1. The Kier molecular flexibility index (Phi) is 5.63. The van der Waals surface area contributed by atoms with Gasteiger partial charge in [0, 0.05) is 27.8 Å². The van der Waals surface area contributed by atoms with Crippen LogP contribution in [0.4, 0.5) is 5.69 Å². The molecule has 4 rings (SSSR count). The Balaban J connectivity index is 1.65. The number of benzene rings is 3. The lowest BCUT2D eigenvalue weighted by atomic mass is 9.87. The first-order valence-electron chi connectivity index (χ1n) is 10.3. The van der Waals surface area contributed by atoms with Crippen molar-refractivity contribution in [2.24, 2.45) is 0 Å². The summed E-state index contributed by atoms with van der Waals surface area (Å²) in [6, 6.07) is 22.0. The van der Waals surface area contributed by atoms with E-state index in [9.17, 15) is 4.21 Å². The van der Waals surface area contributed by atoms with E-state index < -0.39 is 11.0 Å². The zero-order chi connectivity index (χ0) is 22.2. The second kappa shape index (κ2) is 8.23. The predicted octanol–water partition coefficient (Wildman–Crippen LogP) is 6.58. The molecule has 0 aliphatic heterocycles. The van der Waals surface area contributed by atoms with Gasteiger partial charge in [-0.2, -0.15) is 0 Å². The van der Waals surface area contributed by atoms with Gasteiger partial charge < -0.3 is 14.4 Å². The maximum atomic E-state index is 12.9. The molecule has 5 heteroatoms. The van der Waals surface area contributed by atoms with E-state index in [1.54, 1.807) is 7.11 Å². The predicted molar refractivity (Wildman–Crippen MR) is 130 cm³/mol. The van der Waals surface area contributed by atoms with Gasteiger partial charge in [0.05, 0.1) is 12.0 Å². The van der Waals surface area contributed by atoms with Gasteiger partial charge in [0.2, 0.25) is 0 Å². The van der Waals surface area contributed by atoms with Crippen LogP contribution in [-0.4, -0.2) is 16.3 Å². The third-order valence-corrected chi connectivity index (χ3v) is 6.61. The molecule has 4 aromatic rings. The lowest BCUT2D eigenvalue weighted by molar-refractivity contribution is 0.415. The van der Waals surface area contributed by atoms with Gasteiger partial charge in [-0.3, -0.25) is 0 Å². The number of hydrogen-bond acceptors (Lipinski definition) is 2. The average molecular weight is 433 g/mol. The largest absolute Gasteiger partial charge is 0.497 e. The highest BCUT2D eigenvalue weighted by Gasteiger charge is 2.15. The molecule has 0 amide bonds. The lowest BCUT2D eigenvalue weighted by Crippen LogP contribution is -2.11. The minimum atomic E-state index is -1.34. The molecule has 1 aromatic heterocycles. The van der Waals surface area contributed by atoms with E-state index in [0.717, 1.165) is 44.1 Å². The quantitative estimate of drug-likeness (QED) is 0.374. The fraction of sp³-hybridized carbons (Fsp3) is 0.231. The van der Waals surface area contributed by atoms with Crippen molar-refractivity contribution in [3.05, 3.63) is 78.0 Å². The zero-order valence-corrected chi connectivity index (χ0v) is 19.4. The molecule has 4 nitrogen and oxygen atoms in total. The van der Waals surface area contributed by atoms with Crippen LogP contribution in [0.3, 0.4) is 0 Å². The second-order valence-electron chi connectivity index (χ2n) is 8.76. The van der Waals surface area contributed by atoms with Crippen LogP contribution in [0.5, 0.6) is 5.75 Å². The molecular formula is C26H28N2O2S. The zero-order valence-electron chi connectivity index (χ0n) is 18.6. The minimum absolute atomic E-state index is 0.0706. The van der Waals surface area contributed by atoms with Crippen LogP contribution in [0.15, 0.2) is 71.6 Å². The molecule has 0 bridgehead atoms. The Morgan fingerprint density at radius 2 is 1.71 bits per heavy atom. The van der Waals surface area contributed by atoms with E-state index >= 15 is 0 Å². The molecule has 0 radical (unpaired) electrons. The summed E-state index contributed by atoms with van der Waals surface area (Å²) in [6.45, 7) is 8.58. The summed E-state index contributed by atoms with van der Waals surface area (Å²) >= 11 is 0. The Morgan fingerprint density at radius 3 is 2.39 bits per heavy atom. The molecule has 160 valence electrons. The van der Waals surface area contributed by atoms with Gasteiger partial charge in [0.1, 0.15) is 16.7 Å². The highest BCUT2D eigenvalue weighted by molar-refractivity contribution is 7.86. The topological polar surface area (TPSA) is 54.1 Å². The van der Waals surface area contributed by atoms with Crippen molar-refractivity contribution >= 4 is 27.6 Å². The van der Waals surface area contributed by atoms with Crippen molar-refractivity contribution in [2.75, 3.05) is 11.8 Å². The highest BCUT2D eigenvalue weighted by Crippen LogP contribution is 2.35. The van der Waals surface area contributed by atoms with Crippen molar-refractivity contribution in [3.8, 4) is 16.9 Å². The summed E-state index contributed by atoms with van der Waals surface area (Å²) in [4.78, 5) is 4.21. The molecule has 0 saturated carbocycles. The Hall–Kier alpha value is -3.05. The molecule has 0 fully saturated rings. The number of ether oxygens (including phenoxy) is 1. The Bertz CT molecular complexity index is 1250. The van der Waals surface area contributed by atoms with Crippen LogP contribution in [0.1, 0.15) is 32.0 Å². The van der Waals surface area contributed by atoms with Crippen molar-refractivity contribution in [3.63, 3.8) is 0 Å². The smallest absolute Gasteiger partial charge is 0.150 e. The monoisotopic (exact) mass is 432 g/mol. The van der Waals surface area contributed by atoms with Crippen LogP contribution < -0.4 is 9.46 Å². The summed E-state index contributed by atoms with van der Waals surface area (Å²) in [5, 5.41) is 1.08. The molecule has 0 spiro atoms. The first kappa shape index (κ1) is 21.2. The molecule has 31 heavy (non-hydrogen) atoms. The van der Waals surface area contributed by atoms with Gasteiger partial charge >= 0.3 is 0 Å². The summed E-state index contributed by atoms with van der Waals surface area (Å²) in [5.74, 6) is 0.820. The van der Waals surface area contributed by atoms with Crippen molar-refractivity contribution < 1.29 is 8.95 Å². The molecular weight excluding hydrogens is 404 g/mol. The van der Waals surface area contributed by atoms with Crippen molar-refractivity contribution in [2.45, 2.75) is 38.0 Å². The molecule has 0 saturated heterocycles. The fourth-order valence-electron chi connectivity index (χ4n) is 3.79. The van der Waals surface area contributed by atoms with Crippen LogP contribution >= 0.6 is 0 Å². The normalized spacial score (nSPS) is 12.7. The minimum Gasteiger partial charge on any atom is -0.497 e. The number of aryl methyl sites for hydroxylation is 1. The number of methoxy groups -OCH3 is 1. The van der Waals surface area contributed by atoms with Gasteiger partial charge in [0.15, 0.2) is 0 Å². The maximum absolute atomic E-state index is 12.9. The molecule has 1 heterocycles. The average Bonchev–Trinajstić information content (AvgIpc) is 3.08. The Morgan fingerprint density at radius 1 is 0.968 bits per heavy atom. The summed E-state index contributed by atoms with van der Waals surface area (Å²) < 4.78 is 21.5. The van der Waals surface area contributed by atoms with Crippen LogP contribution in [0.2, 0.25) is 0 Å². The van der Waals surface area contributed by atoms with Gasteiger partial charge in [-0.05, 0) is 65.9 Å². The highest BCUT2D eigenvalue weighted by atomic mass is 32.2. The lowest BCUT2D eigenvalue weighted by Gasteiger charge is -2.19. The van der Waals surface area contributed by atoms with E-state index in [1.165, 1.54) is 5.56 Å². The van der Waals surface area contributed by atoms with Gasteiger partial charge in [-0.1, -0.05) is 45.0 Å². The third-order valence-electron chi connectivity index (χ3n) is 5.49. The molecule has 2 N–H and O–H groups in total. The maximum Gasteiger partial charge on any atom is 0.150 e. The third kappa shape index (κ3) is 4.37. The van der Waals surface area contributed by atoms with Crippen LogP contribution in [0.25, 0.3) is 22.0 Å². The number of aromatic nitrogens is 1. The van der Waals surface area contributed by atoms with Crippen molar-refractivity contribution in [1.82, 2.24) is 4.98 Å². The second-order valence-corrected chi connectivity index (χ2v) is 9.98. The standard InChI is InChI=1S/C26H28N2O2S/c1-17-25(18-7-6-8-21(15-18)30-5)23-16-20(11-14-24(23)27-17)28-31(29)22-12-9-19(10-13-22)26(2,3)4/h6-16,27-28H,1-5H3. The molecule has 0 aliphatic rings. The number of hydrogen-bond donors (Lipinski definition) is 2. The number of fused-ring (bicyclic) bond motifs is 1. The first-order chi connectivity index (χ1) is 14.8. The van der Waals surface area contributed by atoms with Crippen LogP contribution in [0, 0.1) is 6.92 Å². The van der Waals surface area contributed by atoms with Gasteiger partial charge in [0.25, 0.3) is 0 Å². The molecule has 1 atom stereocenters. The SMILES string of the molecule is COc1cccc(-c2c(C)[nH]c3ccc(NS(=O)c4ccc(C(C)(C)C)cc4)cc23)c1. The van der Waals surface area contributed by atoms with Crippen molar-refractivity contribution in [1.29, 1.82) is 0 Å². The van der Waals surface area contributed by atoms with E-state index in [0.29, 0.717) is 0 Å². The van der Waals surface area contributed by atoms with Gasteiger partial charge in [-0.15, -0.1) is 0 Å². The summed E-state index contributed by atoms with van der Waals surface area (Å²) in [6.07, 6.45) is 0. The number of aromatic amines is 1. The van der Waals surface area contributed by atoms with E-state index in [2.05, 4.69) is 61.7 Å². The first-order valence-corrected chi connectivity index (χ1v) is 11.5. The van der Waals surface area contributed by atoms with E-state index in [4.69, 9.17) is 4.74 Å². The Labute approximate surface area is 186 Å². The van der Waals surface area contributed by atoms with Crippen LogP contribution in [-0.2, 0) is 16.4 Å². The molecule has 3 aromatic carbocycles. The van der Waals surface area contributed by atoms with Gasteiger partial charge in [-0.25, -0.2) is 4.21 Å². The molecule has 0 aliphatic carbocycles. The number of nitrogens with one attached hydrogen (secondary N) is 2. The number of rotatable bonds is 5. The molecule has 1 unspecified atom stereocenters. The summed E-state index contributed by atoms with van der Waals surface area (Å²) in [5.41, 5.74) is 6.44. The number of anilines is 1. The fourth-order valence-corrected chi connectivity index (χ4v) is 4.63.